The number of furan rings is 1. The van der Waals surface area contributed by atoms with E-state index in [1.165, 1.54) is 16.8 Å². The number of rotatable bonds is 5. The predicted octanol–water partition coefficient (Wildman–Crippen LogP) is 3.97. The molecule has 1 aromatic carbocycles. The summed E-state index contributed by atoms with van der Waals surface area (Å²) in [5.41, 5.74) is 4.78. The largest absolute Gasteiger partial charge is 0.464 e. The number of aryl methyl sites for hydroxylation is 1. The van der Waals surface area contributed by atoms with Gasteiger partial charge in [-0.2, -0.15) is 0 Å². The highest BCUT2D eigenvalue weighted by Gasteiger charge is 2.22. The molecule has 1 aliphatic rings. The smallest absolute Gasteiger partial charge is 0.225 e. The fourth-order valence-corrected chi connectivity index (χ4v) is 3.54. The van der Waals surface area contributed by atoms with Crippen LogP contribution in [-0.2, 0) is 13.0 Å². The van der Waals surface area contributed by atoms with Gasteiger partial charge >= 0.3 is 0 Å². The van der Waals surface area contributed by atoms with Crippen LogP contribution in [0, 0.1) is 0 Å². The van der Waals surface area contributed by atoms with Crippen LogP contribution >= 0.6 is 0 Å². The van der Waals surface area contributed by atoms with Crippen LogP contribution in [-0.4, -0.2) is 24.1 Å². The molecule has 5 nitrogen and oxygen atoms in total. The minimum Gasteiger partial charge on any atom is -0.464 e. The zero-order chi connectivity index (χ0) is 17.9. The number of hydrogen-bond donors (Lipinski definition) is 1. The lowest BCUT2D eigenvalue weighted by Gasteiger charge is -2.26. The van der Waals surface area contributed by atoms with Crippen LogP contribution in [0.15, 0.2) is 53.3 Å². The third-order valence-corrected chi connectivity index (χ3v) is 4.91. The van der Waals surface area contributed by atoms with Gasteiger partial charge in [0, 0.05) is 44.0 Å². The van der Waals surface area contributed by atoms with Crippen molar-refractivity contribution < 1.29 is 4.42 Å². The monoisotopic (exact) mass is 348 g/mol. The van der Waals surface area contributed by atoms with E-state index in [0.29, 0.717) is 6.04 Å². The third-order valence-electron chi connectivity index (χ3n) is 4.91. The molecule has 0 radical (unpaired) electrons. The highest BCUT2D eigenvalue weighted by atomic mass is 16.3. The molecule has 0 saturated heterocycles. The highest BCUT2D eigenvalue weighted by Crippen LogP contribution is 2.30. The molecule has 0 saturated carbocycles. The molecule has 3 aromatic rings. The van der Waals surface area contributed by atoms with Crippen LogP contribution < -0.4 is 10.2 Å². The van der Waals surface area contributed by atoms with Crippen LogP contribution in [0.5, 0.6) is 0 Å². The van der Waals surface area contributed by atoms with Gasteiger partial charge in [0.15, 0.2) is 0 Å². The Balaban J connectivity index is 1.54. The Kier molecular flexibility index (Phi) is 4.71. The van der Waals surface area contributed by atoms with Crippen LogP contribution in [0.1, 0.15) is 35.7 Å². The maximum Gasteiger partial charge on any atom is 0.225 e. The van der Waals surface area contributed by atoms with Crippen molar-refractivity contribution in [2.24, 2.45) is 0 Å². The average Bonchev–Trinajstić information content (AvgIpc) is 3.20. The molecule has 0 bridgehead atoms. The van der Waals surface area contributed by atoms with Crippen molar-refractivity contribution >= 4 is 5.95 Å². The summed E-state index contributed by atoms with van der Waals surface area (Å²) in [5.74, 6) is 1.69. The Bertz CT molecular complexity index is 873. The van der Waals surface area contributed by atoms with Gasteiger partial charge in [-0.3, -0.25) is 0 Å². The number of aromatic nitrogens is 2. The molecular formula is C21H24N4O. The first-order valence-electron chi connectivity index (χ1n) is 9.10. The van der Waals surface area contributed by atoms with Gasteiger partial charge in [-0.05, 0) is 37.0 Å². The van der Waals surface area contributed by atoms with Crippen LogP contribution in [0.2, 0.25) is 0 Å². The summed E-state index contributed by atoms with van der Waals surface area (Å²) in [4.78, 5) is 11.2. The van der Waals surface area contributed by atoms with Crippen LogP contribution in [0.25, 0.3) is 11.3 Å². The number of fused-ring (bicyclic) bond motifs is 1. The molecular weight excluding hydrogens is 324 g/mol. The minimum absolute atomic E-state index is 0.291. The molecule has 0 unspecified atom stereocenters. The third kappa shape index (κ3) is 3.35. The van der Waals surface area contributed by atoms with Crippen molar-refractivity contribution in [3.8, 4) is 11.3 Å². The lowest BCUT2D eigenvalue weighted by molar-refractivity contribution is 0.452. The second-order valence-corrected chi connectivity index (χ2v) is 6.93. The molecule has 0 aliphatic heterocycles. The molecule has 1 aliphatic carbocycles. The first-order chi connectivity index (χ1) is 12.7. The van der Waals surface area contributed by atoms with E-state index in [1.54, 1.807) is 6.26 Å². The van der Waals surface area contributed by atoms with Crippen molar-refractivity contribution in [2.75, 3.05) is 19.0 Å². The second kappa shape index (κ2) is 7.30. The average molecular weight is 348 g/mol. The molecule has 0 amide bonds. The molecule has 1 N–H and O–H groups in total. The summed E-state index contributed by atoms with van der Waals surface area (Å²) in [6.45, 7) is 0.788. The van der Waals surface area contributed by atoms with Gasteiger partial charge in [0.05, 0.1) is 12.0 Å². The molecule has 1 atom stereocenters. The Labute approximate surface area is 154 Å². The molecule has 0 spiro atoms. The minimum atomic E-state index is 0.291. The predicted molar refractivity (Wildman–Crippen MR) is 103 cm³/mol. The van der Waals surface area contributed by atoms with Gasteiger partial charge in [-0.1, -0.05) is 24.3 Å². The summed E-state index contributed by atoms with van der Waals surface area (Å²) in [6.07, 6.45) is 7.00. The lowest BCUT2D eigenvalue weighted by Crippen LogP contribution is -2.27. The quantitative estimate of drug-likeness (QED) is 0.756. The summed E-state index contributed by atoms with van der Waals surface area (Å²) in [7, 11) is 3.96. The van der Waals surface area contributed by atoms with E-state index in [0.717, 1.165) is 43.1 Å². The van der Waals surface area contributed by atoms with E-state index in [4.69, 9.17) is 9.40 Å². The van der Waals surface area contributed by atoms with Gasteiger partial charge in [-0.25, -0.2) is 9.97 Å². The Morgan fingerprint density at radius 2 is 2.08 bits per heavy atom. The highest BCUT2D eigenvalue weighted by molar-refractivity contribution is 5.61. The zero-order valence-electron chi connectivity index (χ0n) is 15.3. The Morgan fingerprint density at radius 1 is 1.19 bits per heavy atom. The maximum absolute atomic E-state index is 5.59. The number of hydrogen-bond acceptors (Lipinski definition) is 5. The van der Waals surface area contributed by atoms with Gasteiger partial charge in [0.2, 0.25) is 5.95 Å². The first kappa shape index (κ1) is 16.8. The van der Waals surface area contributed by atoms with E-state index >= 15 is 0 Å². The van der Waals surface area contributed by atoms with Gasteiger partial charge in [-0.15, -0.1) is 0 Å². The Morgan fingerprint density at radius 3 is 2.88 bits per heavy atom. The fraction of sp³-hybridized carbons (Fsp3) is 0.333. The van der Waals surface area contributed by atoms with E-state index in [9.17, 15) is 0 Å². The molecule has 4 rings (SSSR count). The van der Waals surface area contributed by atoms with Crippen molar-refractivity contribution in [1.82, 2.24) is 15.3 Å². The molecule has 134 valence electrons. The Hall–Kier alpha value is -2.66. The van der Waals surface area contributed by atoms with Crippen molar-refractivity contribution in [2.45, 2.75) is 31.8 Å². The van der Waals surface area contributed by atoms with E-state index in [1.807, 2.05) is 43.4 Å². The van der Waals surface area contributed by atoms with Crippen LogP contribution in [0.4, 0.5) is 5.95 Å². The van der Waals surface area contributed by atoms with E-state index in [-0.39, 0.29) is 0 Å². The van der Waals surface area contributed by atoms with Crippen molar-refractivity contribution in [1.29, 1.82) is 0 Å². The summed E-state index contributed by atoms with van der Waals surface area (Å²) in [5, 5.41) is 3.71. The molecule has 2 heterocycles. The summed E-state index contributed by atoms with van der Waals surface area (Å²) >= 11 is 0. The van der Waals surface area contributed by atoms with E-state index in [2.05, 4.69) is 28.5 Å². The summed E-state index contributed by atoms with van der Waals surface area (Å²) < 4.78 is 5.59. The first-order valence-corrected chi connectivity index (χ1v) is 9.10. The van der Waals surface area contributed by atoms with Gasteiger partial charge in [0.25, 0.3) is 0 Å². The van der Waals surface area contributed by atoms with Gasteiger partial charge in [0.1, 0.15) is 5.76 Å². The number of nitrogens with zero attached hydrogens (tertiary/aromatic N) is 3. The van der Waals surface area contributed by atoms with Crippen molar-refractivity contribution in [3.63, 3.8) is 0 Å². The maximum atomic E-state index is 5.59. The number of benzene rings is 1. The molecule has 26 heavy (non-hydrogen) atoms. The fourth-order valence-electron chi connectivity index (χ4n) is 3.54. The molecule has 0 fully saturated rings. The van der Waals surface area contributed by atoms with Crippen molar-refractivity contribution in [3.05, 3.63) is 65.7 Å². The van der Waals surface area contributed by atoms with Gasteiger partial charge < -0.3 is 14.6 Å². The van der Waals surface area contributed by atoms with E-state index < -0.39 is 0 Å². The molecule has 5 heteroatoms. The zero-order valence-corrected chi connectivity index (χ0v) is 15.3. The standard InChI is InChI=1S/C21H24N4O/c1-25(2)21-23-14-17-18(9-5-10-19(17)24-21)22-13-15-7-3-4-8-16(15)20-11-6-12-26-20/h3-4,6-8,11-12,14,18,22H,5,9-10,13H2,1-2H3/t18-/m0/s1. The number of anilines is 1. The SMILES string of the molecule is CN(C)c1ncc2c(n1)CCC[C@@H]2NCc1ccccc1-c1ccco1. The summed E-state index contributed by atoms with van der Waals surface area (Å²) in [6, 6.07) is 12.6. The normalized spacial score (nSPS) is 16.3. The number of nitrogens with one attached hydrogen (secondary N) is 1. The lowest BCUT2D eigenvalue weighted by atomic mass is 9.92. The topological polar surface area (TPSA) is 54.2 Å². The van der Waals surface area contributed by atoms with Crippen LogP contribution in [0.3, 0.4) is 0 Å². The molecule has 2 aromatic heterocycles. The second-order valence-electron chi connectivity index (χ2n) is 6.93.